The second kappa shape index (κ2) is 5.82. The normalized spacial score (nSPS) is 9.62. The summed E-state index contributed by atoms with van der Waals surface area (Å²) >= 11 is 0. The van der Waals surface area contributed by atoms with Crippen molar-refractivity contribution >= 4 is 11.9 Å². The predicted molar refractivity (Wildman–Crippen MR) is 56.5 cm³/mol. The number of rotatable bonds is 4. The van der Waals surface area contributed by atoms with Gasteiger partial charge in [0.15, 0.2) is 0 Å². The number of carbonyl (C=O) groups is 2. The molecule has 6 heteroatoms. The zero-order chi connectivity index (χ0) is 12.0. The molecule has 0 unspecified atom stereocenters. The van der Waals surface area contributed by atoms with Gasteiger partial charge in [0, 0.05) is 18.3 Å². The standard InChI is InChI=1S/C10H13N3O3/c1-16-9(14)6-13-10(15)7-2-3-12-8(4-7)5-11/h2-4H,5-6,11H2,1H3,(H,13,15). The summed E-state index contributed by atoms with van der Waals surface area (Å²) in [4.78, 5) is 26.3. The van der Waals surface area contributed by atoms with Gasteiger partial charge in [0.1, 0.15) is 6.54 Å². The van der Waals surface area contributed by atoms with E-state index in [4.69, 9.17) is 5.73 Å². The van der Waals surface area contributed by atoms with Crippen LogP contribution in [-0.4, -0.2) is 30.5 Å². The molecule has 0 saturated carbocycles. The van der Waals surface area contributed by atoms with E-state index in [0.717, 1.165) is 0 Å². The molecule has 1 rings (SSSR count). The number of esters is 1. The number of nitrogens with one attached hydrogen (secondary N) is 1. The molecule has 3 N–H and O–H groups in total. The van der Waals surface area contributed by atoms with Crippen LogP contribution in [0, 0.1) is 0 Å². The summed E-state index contributed by atoms with van der Waals surface area (Å²) in [6.45, 7) is 0.105. The molecule has 0 bridgehead atoms. The molecule has 1 aromatic heterocycles. The van der Waals surface area contributed by atoms with Gasteiger partial charge in [-0.1, -0.05) is 0 Å². The van der Waals surface area contributed by atoms with Crippen molar-refractivity contribution in [1.29, 1.82) is 0 Å². The van der Waals surface area contributed by atoms with E-state index >= 15 is 0 Å². The fourth-order valence-corrected chi connectivity index (χ4v) is 1.06. The van der Waals surface area contributed by atoms with Gasteiger partial charge >= 0.3 is 5.97 Å². The quantitative estimate of drug-likeness (QED) is 0.667. The first-order chi connectivity index (χ1) is 7.67. The average Bonchev–Trinajstić information content (AvgIpc) is 2.35. The number of aromatic nitrogens is 1. The minimum atomic E-state index is -0.499. The number of ether oxygens (including phenoxy) is 1. The van der Waals surface area contributed by atoms with Crippen LogP contribution in [0.3, 0.4) is 0 Å². The molecule has 0 fully saturated rings. The van der Waals surface area contributed by atoms with Crippen molar-refractivity contribution in [3.05, 3.63) is 29.6 Å². The highest BCUT2D eigenvalue weighted by Gasteiger charge is 2.08. The van der Waals surface area contributed by atoms with Crippen LogP contribution in [0.1, 0.15) is 16.1 Å². The number of hydrogen-bond donors (Lipinski definition) is 2. The monoisotopic (exact) mass is 223 g/mol. The molecule has 0 atom stereocenters. The van der Waals surface area contributed by atoms with Gasteiger partial charge in [-0.25, -0.2) is 0 Å². The zero-order valence-corrected chi connectivity index (χ0v) is 8.90. The van der Waals surface area contributed by atoms with Crippen molar-refractivity contribution in [3.8, 4) is 0 Å². The van der Waals surface area contributed by atoms with Gasteiger partial charge in [0.25, 0.3) is 5.91 Å². The van der Waals surface area contributed by atoms with Crippen molar-refractivity contribution < 1.29 is 14.3 Å². The van der Waals surface area contributed by atoms with Gasteiger partial charge in [-0.3, -0.25) is 14.6 Å². The molecular formula is C10H13N3O3. The van der Waals surface area contributed by atoms with Crippen LogP contribution in [0.2, 0.25) is 0 Å². The number of amides is 1. The second-order valence-electron chi connectivity index (χ2n) is 3.00. The number of nitrogens with zero attached hydrogens (tertiary/aromatic N) is 1. The molecule has 1 heterocycles. The fraction of sp³-hybridized carbons (Fsp3) is 0.300. The van der Waals surface area contributed by atoms with Crippen LogP contribution in [0.15, 0.2) is 18.3 Å². The third-order valence-corrected chi connectivity index (χ3v) is 1.91. The second-order valence-corrected chi connectivity index (χ2v) is 3.00. The maximum absolute atomic E-state index is 11.5. The Balaban J connectivity index is 2.62. The van der Waals surface area contributed by atoms with Crippen LogP contribution >= 0.6 is 0 Å². The molecule has 0 radical (unpaired) electrons. The number of carbonyl (C=O) groups excluding carboxylic acids is 2. The average molecular weight is 223 g/mol. The molecule has 6 nitrogen and oxygen atoms in total. The molecule has 0 aliphatic rings. The van der Waals surface area contributed by atoms with E-state index in [2.05, 4.69) is 15.0 Å². The molecule has 86 valence electrons. The summed E-state index contributed by atoms with van der Waals surface area (Å²) in [5.74, 6) is -0.857. The summed E-state index contributed by atoms with van der Waals surface area (Å²) in [5.41, 5.74) is 6.43. The van der Waals surface area contributed by atoms with Crippen molar-refractivity contribution in [3.63, 3.8) is 0 Å². The number of hydrogen-bond acceptors (Lipinski definition) is 5. The summed E-state index contributed by atoms with van der Waals surface area (Å²) in [6, 6.07) is 3.12. The lowest BCUT2D eigenvalue weighted by Crippen LogP contribution is -2.30. The maximum Gasteiger partial charge on any atom is 0.325 e. The Morgan fingerprint density at radius 3 is 2.94 bits per heavy atom. The van der Waals surface area contributed by atoms with Gasteiger partial charge in [-0.15, -0.1) is 0 Å². The fourth-order valence-electron chi connectivity index (χ4n) is 1.06. The third kappa shape index (κ3) is 3.32. The Hall–Kier alpha value is -1.95. The van der Waals surface area contributed by atoms with Gasteiger partial charge in [-0.2, -0.15) is 0 Å². The largest absolute Gasteiger partial charge is 0.468 e. The highest BCUT2D eigenvalue weighted by atomic mass is 16.5. The highest BCUT2D eigenvalue weighted by molar-refractivity contribution is 5.95. The van der Waals surface area contributed by atoms with Crippen molar-refractivity contribution in [2.24, 2.45) is 5.73 Å². The Morgan fingerprint density at radius 1 is 1.56 bits per heavy atom. The van der Waals surface area contributed by atoms with E-state index in [0.29, 0.717) is 11.3 Å². The molecule has 1 aromatic rings. The molecule has 16 heavy (non-hydrogen) atoms. The Kier molecular flexibility index (Phi) is 4.41. The van der Waals surface area contributed by atoms with Crippen LogP contribution in [0.4, 0.5) is 0 Å². The smallest absolute Gasteiger partial charge is 0.325 e. The van der Waals surface area contributed by atoms with E-state index in [1.54, 1.807) is 12.1 Å². The molecular weight excluding hydrogens is 210 g/mol. The third-order valence-electron chi connectivity index (χ3n) is 1.91. The van der Waals surface area contributed by atoms with Crippen molar-refractivity contribution in [1.82, 2.24) is 10.3 Å². The van der Waals surface area contributed by atoms with Gasteiger partial charge in [0.05, 0.1) is 12.8 Å². The first-order valence-electron chi connectivity index (χ1n) is 4.67. The molecule has 0 saturated heterocycles. The number of pyridine rings is 1. The Labute approximate surface area is 92.8 Å². The number of methoxy groups -OCH3 is 1. The lowest BCUT2D eigenvalue weighted by molar-refractivity contribution is -0.139. The minimum Gasteiger partial charge on any atom is -0.468 e. The Morgan fingerprint density at radius 2 is 2.31 bits per heavy atom. The lowest BCUT2D eigenvalue weighted by Gasteiger charge is -2.04. The summed E-state index contributed by atoms with van der Waals surface area (Å²) in [7, 11) is 1.26. The van der Waals surface area contributed by atoms with E-state index in [1.807, 2.05) is 0 Å². The van der Waals surface area contributed by atoms with E-state index in [9.17, 15) is 9.59 Å². The van der Waals surface area contributed by atoms with Crippen LogP contribution in [0.5, 0.6) is 0 Å². The first kappa shape index (κ1) is 12.1. The Bertz CT molecular complexity index is 393. The number of nitrogens with two attached hydrogens (primary N) is 1. The van der Waals surface area contributed by atoms with Crippen molar-refractivity contribution in [2.45, 2.75) is 6.54 Å². The predicted octanol–water partition coefficient (Wildman–Crippen LogP) is -0.557. The first-order valence-corrected chi connectivity index (χ1v) is 4.67. The lowest BCUT2D eigenvalue weighted by atomic mass is 10.2. The summed E-state index contributed by atoms with van der Waals surface area (Å²) in [5, 5.41) is 2.42. The molecule has 0 spiro atoms. The van der Waals surface area contributed by atoms with Crippen molar-refractivity contribution in [2.75, 3.05) is 13.7 Å². The van der Waals surface area contributed by atoms with Gasteiger partial charge in [-0.05, 0) is 12.1 Å². The molecule has 1 amide bonds. The van der Waals surface area contributed by atoms with Crippen LogP contribution in [-0.2, 0) is 16.1 Å². The summed E-state index contributed by atoms with van der Waals surface area (Å²) < 4.78 is 4.40. The van der Waals surface area contributed by atoms with Crippen LogP contribution < -0.4 is 11.1 Å². The van der Waals surface area contributed by atoms with E-state index < -0.39 is 5.97 Å². The van der Waals surface area contributed by atoms with Gasteiger partial charge in [0.2, 0.25) is 0 Å². The van der Waals surface area contributed by atoms with Crippen LogP contribution in [0.25, 0.3) is 0 Å². The van der Waals surface area contributed by atoms with Gasteiger partial charge < -0.3 is 15.8 Å². The molecule has 0 aliphatic heterocycles. The molecule has 0 aromatic carbocycles. The van der Waals surface area contributed by atoms with E-state index in [1.165, 1.54) is 13.3 Å². The summed E-state index contributed by atoms with van der Waals surface area (Å²) in [6.07, 6.45) is 1.50. The minimum absolute atomic E-state index is 0.157. The van der Waals surface area contributed by atoms with E-state index in [-0.39, 0.29) is 19.0 Å². The maximum atomic E-state index is 11.5. The SMILES string of the molecule is COC(=O)CNC(=O)c1ccnc(CN)c1. The topological polar surface area (TPSA) is 94.3 Å². The molecule has 0 aliphatic carbocycles. The highest BCUT2D eigenvalue weighted by Crippen LogP contribution is 2.00. The zero-order valence-electron chi connectivity index (χ0n) is 8.90.